The first-order valence-electron chi connectivity index (χ1n) is 17.6. The SMILES string of the molecule is CCN(CC)c1ccc2c(c1)Oc1cc(N(CC)CC)ccc1C21c2ccccc2C(=O)N1c1ccc2ccc3cccc4ccc1c2c34. The van der Waals surface area contributed by atoms with Crippen molar-refractivity contribution in [3.63, 3.8) is 0 Å². The molecule has 0 saturated carbocycles. The Labute approximate surface area is 287 Å². The van der Waals surface area contributed by atoms with Crippen molar-refractivity contribution in [3.05, 3.63) is 138 Å². The van der Waals surface area contributed by atoms with Crippen LogP contribution in [0.3, 0.4) is 0 Å². The molecular weight excluding hydrogens is 603 g/mol. The number of hydrogen-bond acceptors (Lipinski definition) is 4. The minimum absolute atomic E-state index is 0.00919. The number of carbonyl (C=O) groups is 1. The van der Waals surface area contributed by atoms with Crippen molar-refractivity contribution in [2.24, 2.45) is 0 Å². The molecule has 49 heavy (non-hydrogen) atoms. The molecule has 2 aliphatic rings. The van der Waals surface area contributed by atoms with Crippen LogP contribution in [-0.2, 0) is 5.54 Å². The molecule has 0 unspecified atom stereocenters. The standard InChI is InChI=1S/C44H39N3O2/c1-5-45(6-2)31-20-23-36-39(26-31)49-40-27-32(46(7-3)8-4)21-24-37(40)44(36)35-15-10-9-14-33(35)43(48)47(44)38-25-19-30-17-16-28-12-11-13-29-18-22-34(38)42(30)41(28)29/h9-27H,5-8H2,1-4H3. The van der Waals surface area contributed by atoms with Gasteiger partial charge in [-0.2, -0.15) is 0 Å². The van der Waals surface area contributed by atoms with Crippen LogP contribution in [-0.4, -0.2) is 32.1 Å². The van der Waals surface area contributed by atoms with Gasteiger partial charge in [-0.25, -0.2) is 0 Å². The number of hydrogen-bond donors (Lipinski definition) is 0. The Bertz CT molecular complexity index is 2350. The molecule has 7 aromatic rings. The smallest absolute Gasteiger partial charge is 0.260 e. The summed E-state index contributed by atoms with van der Waals surface area (Å²) in [6, 6.07) is 40.9. The quantitative estimate of drug-likeness (QED) is 0.162. The van der Waals surface area contributed by atoms with Crippen molar-refractivity contribution < 1.29 is 9.53 Å². The number of anilines is 3. The van der Waals surface area contributed by atoms with Crippen LogP contribution >= 0.6 is 0 Å². The third kappa shape index (κ3) is 3.96. The van der Waals surface area contributed by atoms with Crippen LogP contribution in [0.2, 0.25) is 0 Å². The molecule has 1 spiro atoms. The van der Waals surface area contributed by atoms with Gasteiger partial charge in [0, 0.05) is 77.3 Å². The van der Waals surface area contributed by atoms with Gasteiger partial charge in [-0.05, 0) is 78.9 Å². The summed E-state index contributed by atoms with van der Waals surface area (Å²) >= 11 is 0. The Hall–Kier alpha value is -5.55. The van der Waals surface area contributed by atoms with E-state index in [0.717, 1.165) is 76.8 Å². The number of benzene rings is 7. The number of rotatable bonds is 7. The summed E-state index contributed by atoms with van der Waals surface area (Å²) < 4.78 is 6.95. The predicted molar refractivity (Wildman–Crippen MR) is 203 cm³/mol. The molecule has 0 atom stereocenters. The lowest BCUT2D eigenvalue weighted by molar-refractivity contribution is 0.0986. The molecule has 0 fully saturated rings. The summed E-state index contributed by atoms with van der Waals surface area (Å²) in [5, 5.41) is 7.06. The summed E-state index contributed by atoms with van der Waals surface area (Å²) in [4.78, 5) is 21.9. The Balaban J connectivity index is 1.40. The summed E-state index contributed by atoms with van der Waals surface area (Å²) in [5.41, 5.74) is 5.78. The second-order valence-corrected chi connectivity index (χ2v) is 13.1. The third-order valence-electron chi connectivity index (χ3n) is 11.0. The van der Waals surface area contributed by atoms with E-state index in [1.54, 1.807) is 0 Å². The first-order valence-corrected chi connectivity index (χ1v) is 17.6. The zero-order chi connectivity index (χ0) is 33.4. The average molecular weight is 642 g/mol. The monoisotopic (exact) mass is 641 g/mol. The van der Waals surface area contributed by atoms with Gasteiger partial charge in [-0.15, -0.1) is 0 Å². The Morgan fingerprint density at radius 1 is 0.571 bits per heavy atom. The topological polar surface area (TPSA) is 36.0 Å². The molecular formula is C44H39N3O2. The molecule has 5 nitrogen and oxygen atoms in total. The first kappa shape index (κ1) is 29.6. The van der Waals surface area contributed by atoms with Crippen LogP contribution in [0.4, 0.5) is 17.1 Å². The van der Waals surface area contributed by atoms with Crippen molar-refractivity contribution in [1.29, 1.82) is 0 Å². The minimum atomic E-state index is -0.955. The summed E-state index contributed by atoms with van der Waals surface area (Å²) in [6.45, 7) is 12.3. The molecule has 1 amide bonds. The van der Waals surface area contributed by atoms with E-state index in [-0.39, 0.29) is 5.91 Å². The molecule has 9 rings (SSSR count). The second-order valence-electron chi connectivity index (χ2n) is 13.1. The van der Waals surface area contributed by atoms with Crippen LogP contribution in [0.15, 0.2) is 115 Å². The summed E-state index contributed by atoms with van der Waals surface area (Å²) in [7, 11) is 0. The van der Waals surface area contributed by atoms with Gasteiger partial charge < -0.3 is 14.5 Å². The highest BCUT2D eigenvalue weighted by Crippen LogP contribution is 2.60. The third-order valence-corrected chi connectivity index (χ3v) is 11.0. The van der Waals surface area contributed by atoms with Crippen LogP contribution in [0.1, 0.15) is 54.7 Å². The van der Waals surface area contributed by atoms with Crippen LogP contribution in [0.5, 0.6) is 11.5 Å². The van der Waals surface area contributed by atoms with E-state index in [2.05, 4.69) is 146 Å². The minimum Gasteiger partial charge on any atom is -0.456 e. The molecule has 0 saturated heterocycles. The van der Waals surface area contributed by atoms with Crippen molar-refractivity contribution in [3.8, 4) is 11.5 Å². The van der Waals surface area contributed by atoms with E-state index >= 15 is 4.79 Å². The van der Waals surface area contributed by atoms with Gasteiger partial charge in [-0.3, -0.25) is 9.69 Å². The van der Waals surface area contributed by atoms with Crippen LogP contribution in [0.25, 0.3) is 32.3 Å². The number of nitrogens with zero attached hydrogens (tertiary/aromatic N) is 3. The molecule has 0 bridgehead atoms. The molecule has 2 heterocycles. The summed E-state index contributed by atoms with van der Waals surface area (Å²) in [6.07, 6.45) is 0. The van der Waals surface area contributed by atoms with E-state index in [0.29, 0.717) is 5.56 Å². The number of carbonyl (C=O) groups excluding carboxylic acids is 1. The zero-order valence-electron chi connectivity index (χ0n) is 28.5. The predicted octanol–water partition coefficient (Wildman–Crippen LogP) is 10.3. The lowest BCUT2D eigenvalue weighted by Crippen LogP contribution is -2.47. The number of ether oxygens (including phenoxy) is 1. The molecule has 0 N–H and O–H groups in total. The molecule has 2 aliphatic heterocycles. The Kier molecular flexibility index (Phi) is 6.64. The van der Waals surface area contributed by atoms with E-state index in [4.69, 9.17) is 4.74 Å². The van der Waals surface area contributed by atoms with Gasteiger partial charge >= 0.3 is 0 Å². The van der Waals surface area contributed by atoms with Gasteiger partial charge in [0.2, 0.25) is 0 Å². The number of amides is 1. The van der Waals surface area contributed by atoms with E-state index in [9.17, 15) is 0 Å². The van der Waals surface area contributed by atoms with E-state index in [1.807, 2.05) is 12.1 Å². The van der Waals surface area contributed by atoms with Crippen molar-refractivity contribution in [1.82, 2.24) is 0 Å². The fourth-order valence-corrected chi connectivity index (χ4v) is 8.74. The molecule has 0 aliphatic carbocycles. The maximum Gasteiger partial charge on any atom is 0.260 e. The zero-order valence-corrected chi connectivity index (χ0v) is 28.5. The normalized spacial score (nSPS) is 14.4. The van der Waals surface area contributed by atoms with Crippen LogP contribution in [0, 0.1) is 0 Å². The molecule has 0 aromatic heterocycles. The van der Waals surface area contributed by atoms with Crippen molar-refractivity contribution >= 4 is 55.3 Å². The maximum atomic E-state index is 15.2. The molecule has 242 valence electrons. The highest BCUT2D eigenvalue weighted by atomic mass is 16.5. The van der Waals surface area contributed by atoms with Crippen molar-refractivity contribution in [2.75, 3.05) is 40.9 Å². The highest BCUT2D eigenvalue weighted by molar-refractivity contribution is 6.27. The summed E-state index contributed by atoms with van der Waals surface area (Å²) in [5.74, 6) is 1.55. The van der Waals surface area contributed by atoms with Gasteiger partial charge in [0.1, 0.15) is 17.0 Å². The second kappa shape index (κ2) is 11.0. The van der Waals surface area contributed by atoms with Gasteiger partial charge in [0.25, 0.3) is 5.91 Å². The molecule has 7 aromatic carbocycles. The Morgan fingerprint density at radius 3 is 1.73 bits per heavy atom. The highest BCUT2D eigenvalue weighted by Gasteiger charge is 2.57. The van der Waals surface area contributed by atoms with Crippen LogP contribution < -0.4 is 19.4 Å². The van der Waals surface area contributed by atoms with E-state index in [1.165, 1.54) is 26.9 Å². The lowest BCUT2D eigenvalue weighted by Gasteiger charge is -2.45. The molecule has 5 heteroatoms. The van der Waals surface area contributed by atoms with Gasteiger partial charge in [0.15, 0.2) is 0 Å². The van der Waals surface area contributed by atoms with Gasteiger partial charge in [-0.1, -0.05) is 78.9 Å². The number of fused-ring (bicyclic) bond motifs is 6. The van der Waals surface area contributed by atoms with Gasteiger partial charge in [0.05, 0.1) is 5.69 Å². The fourth-order valence-electron chi connectivity index (χ4n) is 8.74. The lowest BCUT2D eigenvalue weighted by atomic mass is 9.74. The largest absolute Gasteiger partial charge is 0.456 e. The molecule has 0 radical (unpaired) electrons. The fraction of sp³-hybridized carbons (Fsp3) is 0.205. The average Bonchev–Trinajstić information content (AvgIpc) is 3.39. The Morgan fingerprint density at radius 2 is 1.12 bits per heavy atom. The van der Waals surface area contributed by atoms with E-state index < -0.39 is 5.54 Å². The first-order chi connectivity index (χ1) is 24.0. The van der Waals surface area contributed by atoms with Crippen molar-refractivity contribution in [2.45, 2.75) is 33.2 Å². The maximum absolute atomic E-state index is 15.2.